The molecule has 3 heteroatoms. The van der Waals surface area contributed by atoms with Gasteiger partial charge in [-0.25, -0.2) is 0 Å². The van der Waals surface area contributed by atoms with Gasteiger partial charge in [0, 0.05) is 11.1 Å². The van der Waals surface area contributed by atoms with E-state index in [1.807, 2.05) is 36.1 Å². The second-order valence-electron chi connectivity index (χ2n) is 5.66. The first-order chi connectivity index (χ1) is 10.7. The second-order valence-corrected chi connectivity index (χ2v) is 7.89. The smallest absolute Gasteiger partial charge is 0.254 e. The van der Waals surface area contributed by atoms with Crippen LogP contribution in [0.25, 0.3) is 5.57 Å². The van der Waals surface area contributed by atoms with Gasteiger partial charge >= 0.3 is 0 Å². The average molecular weight is 312 g/mol. The van der Waals surface area contributed by atoms with Crippen LogP contribution in [0.15, 0.2) is 60.4 Å². The van der Waals surface area contributed by atoms with Crippen LogP contribution < -0.4 is 5.30 Å². The van der Waals surface area contributed by atoms with E-state index in [9.17, 15) is 4.57 Å². The van der Waals surface area contributed by atoms with Crippen molar-refractivity contribution in [1.82, 2.24) is 0 Å². The normalized spacial score (nSPS) is 20.9. The molecule has 0 spiro atoms. The van der Waals surface area contributed by atoms with E-state index >= 15 is 0 Å². The predicted octanol–water partition coefficient (Wildman–Crippen LogP) is 5.00. The Labute approximate surface area is 132 Å². The first-order valence-corrected chi connectivity index (χ1v) is 9.51. The second kappa shape index (κ2) is 6.64. The van der Waals surface area contributed by atoms with Gasteiger partial charge in [0.1, 0.15) is 0 Å². The van der Waals surface area contributed by atoms with Gasteiger partial charge in [-0.2, -0.15) is 0 Å². The summed E-state index contributed by atoms with van der Waals surface area (Å²) >= 11 is 0. The fraction of sp³-hybridized carbons (Fsp3) is 0.263. The number of hydrogen-bond acceptors (Lipinski definition) is 2. The number of benzene rings is 2. The lowest BCUT2D eigenvalue weighted by atomic mass is 10.0. The van der Waals surface area contributed by atoms with E-state index in [0.29, 0.717) is 6.61 Å². The van der Waals surface area contributed by atoms with Gasteiger partial charge < -0.3 is 4.52 Å². The quantitative estimate of drug-likeness (QED) is 0.726. The molecule has 2 nitrogen and oxygen atoms in total. The lowest BCUT2D eigenvalue weighted by Gasteiger charge is -2.08. The molecule has 0 aromatic heterocycles. The van der Waals surface area contributed by atoms with Crippen LogP contribution >= 0.6 is 7.37 Å². The molecule has 0 saturated heterocycles. The summed E-state index contributed by atoms with van der Waals surface area (Å²) in [5.41, 5.74) is 3.49. The van der Waals surface area contributed by atoms with Crippen molar-refractivity contribution in [2.75, 3.05) is 6.61 Å². The highest BCUT2D eigenvalue weighted by molar-refractivity contribution is 7.70. The maximum absolute atomic E-state index is 12.9. The average Bonchev–Trinajstić information content (AvgIpc) is 2.98. The van der Waals surface area contributed by atoms with Crippen molar-refractivity contribution in [3.63, 3.8) is 0 Å². The molecule has 0 aliphatic carbocycles. The number of aryl methyl sites for hydroxylation is 1. The van der Waals surface area contributed by atoms with E-state index in [1.54, 1.807) is 0 Å². The van der Waals surface area contributed by atoms with Crippen LogP contribution in [0.2, 0.25) is 0 Å². The SMILES string of the molecule is CCCCc1ccc(C2=CP(=O)(c3ccccc3)OC2)cc1. The van der Waals surface area contributed by atoms with Crippen molar-refractivity contribution < 1.29 is 9.09 Å². The fourth-order valence-corrected chi connectivity index (χ4v) is 4.58. The molecule has 1 heterocycles. The van der Waals surface area contributed by atoms with Crippen molar-refractivity contribution >= 4 is 18.2 Å². The Balaban J connectivity index is 1.81. The van der Waals surface area contributed by atoms with E-state index in [0.717, 1.165) is 22.9 Å². The van der Waals surface area contributed by atoms with Crippen molar-refractivity contribution in [2.45, 2.75) is 26.2 Å². The molecule has 114 valence electrons. The Morgan fingerprint density at radius 3 is 2.45 bits per heavy atom. The van der Waals surface area contributed by atoms with Crippen LogP contribution in [0.1, 0.15) is 30.9 Å². The summed E-state index contributed by atoms with van der Waals surface area (Å²) in [6, 6.07) is 18.0. The molecule has 0 bridgehead atoms. The Morgan fingerprint density at radius 1 is 1.05 bits per heavy atom. The van der Waals surface area contributed by atoms with Crippen molar-refractivity contribution in [2.24, 2.45) is 0 Å². The largest absolute Gasteiger partial charge is 0.318 e. The van der Waals surface area contributed by atoms with Gasteiger partial charge in [-0.1, -0.05) is 55.8 Å². The minimum atomic E-state index is -2.84. The van der Waals surface area contributed by atoms with Gasteiger partial charge in [0.25, 0.3) is 7.37 Å². The molecule has 0 radical (unpaired) electrons. The van der Waals surface area contributed by atoms with Crippen LogP contribution in [0.3, 0.4) is 0 Å². The van der Waals surface area contributed by atoms with E-state index in [1.165, 1.54) is 18.4 Å². The zero-order chi connectivity index (χ0) is 15.4. The first kappa shape index (κ1) is 15.3. The monoisotopic (exact) mass is 312 g/mol. The third-order valence-corrected chi connectivity index (χ3v) is 6.18. The predicted molar refractivity (Wildman–Crippen MR) is 92.7 cm³/mol. The van der Waals surface area contributed by atoms with Gasteiger partial charge in [-0.05, 0) is 41.7 Å². The van der Waals surface area contributed by atoms with Crippen LogP contribution in [0.4, 0.5) is 0 Å². The summed E-state index contributed by atoms with van der Waals surface area (Å²) in [4.78, 5) is 0. The number of hydrogen-bond donors (Lipinski definition) is 0. The van der Waals surface area contributed by atoms with Crippen LogP contribution in [0, 0.1) is 0 Å². The zero-order valence-electron chi connectivity index (χ0n) is 12.9. The minimum absolute atomic E-state index is 0.417. The standard InChI is InChI=1S/C19H21O2P/c1-2-3-7-16-10-12-17(13-11-16)18-14-21-22(20,15-18)19-8-5-4-6-9-19/h4-6,8-13,15H,2-3,7,14H2,1H3. The summed E-state index contributed by atoms with van der Waals surface area (Å²) in [6.07, 6.45) is 3.55. The molecule has 0 fully saturated rings. The van der Waals surface area contributed by atoms with E-state index in [2.05, 4.69) is 31.2 Å². The molecule has 1 aliphatic heterocycles. The topological polar surface area (TPSA) is 26.3 Å². The maximum Gasteiger partial charge on any atom is 0.254 e. The molecule has 1 aliphatic rings. The Morgan fingerprint density at radius 2 is 1.77 bits per heavy atom. The Bertz CT molecular complexity index is 702. The lowest BCUT2D eigenvalue weighted by molar-refractivity contribution is 0.383. The minimum Gasteiger partial charge on any atom is -0.318 e. The molecule has 3 rings (SSSR count). The third kappa shape index (κ3) is 3.24. The number of unbranched alkanes of at least 4 members (excludes halogenated alkanes) is 1. The van der Waals surface area contributed by atoms with E-state index in [-0.39, 0.29) is 0 Å². The highest BCUT2D eigenvalue weighted by atomic mass is 31.2. The zero-order valence-corrected chi connectivity index (χ0v) is 13.8. The van der Waals surface area contributed by atoms with Crippen molar-refractivity contribution in [3.8, 4) is 0 Å². The number of rotatable bonds is 5. The van der Waals surface area contributed by atoms with Crippen molar-refractivity contribution in [3.05, 3.63) is 71.5 Å². The molecule has 0 saturated carbocycles. The Hall–Kier alpha value is -1.63. The molecule has 2 aromatic carbocycles. The Kier molecular flexibility index (Phi) is 4.61. The molecule has 22 heavy (non-hydrogen) atoms. The molecule has 2 aromatic rings. The van der Waals surface area contributed by atoms with E-state index < -0.39 is 7.37 Å². The van der Waals surface area contributed by atoms with Crippen LogP contribution in [0.5, 0.6) is 0 Å². The maximum atomic E-state index is 12.9. The summed E-state index contributed by atoms with van der Waals surface area (Å²) in [6.45, 7) is 2.62. The highest BCUT2D eigenvalue weighted by Crippen LogP contribution is 2.54. The molecular weight excluding hydrogens is 291 g/mol. The first-order valence-electron chi connectivity index (χ1n) is 7.82. The van der Waals surface area contributed by atoms with Gasteiger partial charge in [-0.15, -0.1) is 0 Å². The fourth-order valence-electron chi connectivity index (χ4n) is 2.65. The molecule has 1 unspecified atom stereocenters. The molecule has 0 amide bonds. The van der Waals surface area contributed by atoms with Gasteiger partial charge in [0.15, 0.2) is 0 Å². The summed E-state index contributed by atoms with van der Waals surface area (Å²) in [5, 5.41) is 0.768. The van der Waals surface area contributed by atoms with E-state index in [4.69, 9.17) is 4.52 Å². The van der Waals surface area contributed by atoms with Gasteiger partial charge in [0.2, 0.25) is 0 Å². The summed E-state index contributed by atoms with van der Waals surface area (Å²) in [7, 11) is -2.84. The summed E-state index contributed by atoms with van der Waals surface area (Å²) in [5.74, 6) is 1.82. The van der Waals surface area contributed by atoms with Crippen molar-refractivity contribution in [1.29, 1.82) is 0 Å². The molecular formula is C19H21O2P. The molecule has 1 atom stereocenters. The van der Waals surface area contributed by atoms with Gasteiger partial charge in [0.05, 0.1) is 6.61 Å². The highest BCUT2D eigenvalue weighted by Gasteiger charge is 2.30. The summed E-state index contributed by atoms with van der Waals surface area (Å²) < 4.78 is 18.6. The van der Waals surface area contributed by atoms with Crippen LogP contribution in [-0.2, 0) is 15.5 Å². The molecule has 0 N–H and O–H groups in total. The van der Waals surface area contributed by atoms with Gasteiger partial charge in [-0.3, -0.25) is 4.57 Å². The third-order valence-electron chi connectivity index (χ3n) is 4.00. The van der Waals surface area contributed by atoms with Crippen LogP contribution in [-0.4, -0.2) is 6.61 Å². The lowest BCUT2D eigenvalue weighted by Crippen LogP contribution is -2.01.